The van der Waals surface area contributed by atoms with Crippen LogP contribution in [0, 0.1) is 11.3 Å². The molecule has 0 aliphatic heterocycles. The maximum absolute atomic E-state index is 7.30. The molecule has 3 nitrogen and oxygen atoms in total. The molecule has 0 heterocycles. The molecule has 0 saturated heterocycles. The third-order valence-electron chi connectivity index (χ3n) is 1.16. The van der Waals surface area contributed by atoms with Gasteiger partial charge in [-0.25, -0.2) is 0 Å². The van der Waals surface area contributed by atoms with E-state index < -0.39 is 0 Å². The van der Waals surface area contributed by atoms with Gasteiger partial charge in [-0.3, -0.25) is 5.41 Å². The minimum absolute atomic E-state index is 0.0740. The van der Waals surface area contributed by atoms with E-state index in [1.807, 2.05) is 13.8 Å². The zero-order valence-electron chi connectivity index (χ0n) is 6.81. The van der Waals surface area contributed by atoms with E-state index in [9.17, 15) is 0 Å². The van der Waals surface area contributed by atoms with Gasteiger partial charge in [0.1, 0.15) is 0 Å². The molecule has 0 aromatic rings. The zero-order valence-corrected chi connectivity index (χ0v) is 6.81. The van der Waals surface area contributed by atoms with Gasteiger partial charge < -0.3 is 9.47 Å². The molecule has 10 heavy (non-hydrogen) atoms. The summed E-state index contributed by atoms with van der Waals surface area (Å²) in [6.07, 6.45) is 0. The Labute approximate surface area is 61.8 Å². The SMILES string of the molecule is CCOC(=N)C(C)COC. The van der Waals surface area contributed by atoms with Crippen LogP contribution in [0.5, 0.6) is 0 Å². The van der Waals surface area contributed by atoms with Crippen molar-refractivity contribution in [3.8, 4) is 0 Å². The smallest absolute Gasteiger partial charge is 0.185 e. The molecule has 0 radical (unpaired) electrons. The van der Waals surface area contributed by atoms with Crippen molar-refractivity contribution in [2.24, 2.45) is 5.92 Å². The van der Waals surface area contributed by atoms with Crippen LogP contribution >= 0.6 is 0 Å². The molecule has 0 aromatic carbocycles. The molecule has 0 amide bonds. The average Bonchev–Trinajstić information content (AvgIpc) is 1.89. The zero-order chi connectivity index (χ0) is 7.98. The van der Waals surface area contributed by atoms with Crippen molar-refractivity contribution in [2.75, 3.05) is 20.3 Å². The molecule has 1 atom stereocenters. The van der Waals surface area contributed by atoms with Crippen molar-refractivity contribution in [3.63, 3.8) is 0 Å². The lowest BCUT2D eigenvalue weighted by Gasteiger charge is -2.11. The van der Waals surface area contributed by atoms with Crippen molar-refractivity contribution >= 4 is 5.90 Å². The monoisotopic (exact) mass is 145 g/mol. The summed E-state index contributed by atoms with van der Waals surface area (Å²) in [7, 11) is 1.62. The van der Waals surface area contributed by atoms with Crippen LogP contribution in [0.4, 0.5) is 0 Å². The van der Waals surface area contributed by atoms with Gasteiger partial charge in [0.05, 0.1) is 19.1 Å². The number of methoxy groups -OCH3 is 1. The first-order chi connectivity index (χ1) is 4.72. The Morgan fingerprint density at radius 1 is 1.60 bits per heavy atom. The summed E-state index contributed by atoms with van der Waals surface area (Å²) in [5.41, 5.74) is 0. The highest BCUT2D eigenvalue weighted by Gasteiger charge is 2.07. The Bertz CT molecular complexity index is 104. The van der Waals surface area contributed by atoms with Crippen molar-refractivity contribution in [3.05, 3.63) is 0 Å². The molecular formula is C7H15NO2. The van der Waals surface area contributed by atoms with Gasteiger partial charge in [-0.15, -0.1) is 0 Å². The number of nitrogens with one attached hydrogen (secondary N) is 1. The minimum atomic E-state index is 0.0740. The molecule has 60 valence electrons. The lowest BCUT2D eigenvalue weighted by molar-refractivity contribution is 0.167. The molecule has 0 aliphatic carbocycles. The molecule has 0 rings (SSSR count). The van der Waals surface area contributed by atoms with Crippen molar-refractivity contribution in [1.82, 2.24) is 0 Å². The average molecular weight is 145 g/mol. The van der Waals surface area contributed by atoms with Crippen LogP contribution in [0.3, 0.4) is 0 Å². The Balaban J connectivity index is 3.49. The van der Waals surface area contributed by atoms with Crippen LogP contribution in [0.15, 0.2) is 0 Å². The van der Waals surface area contributed by atoms with E-state index in [1.165, 1.54) is 0 Å². The number of ether oxygens (including phenoxy) is 2. The van der Waals surface area contributed by atoms with Gasteiger partial charge in [-0.1, -0.05) is 6.92 Å². The first-order valence-electron chi connectivity index (χ1n) is 3.42. The summed E-state index contributed by atoms with van der Waals surface area (Å²) in [5.74, 6) is 0.384. The Morgan fingerprint density at radius 3 is 2.60 bits per heavy atom. The summed E-state index contributed by atoms with van der Waals surface area (Å²) < 4.78 is 9.81. The molecule has 0 spiro atoms. The summed E-state index contributed by atoms with van der Waals surface area (Å²) in [5, 5.41) is 7.30. The van der Waals surface area contributed by atoms with Crippen molar-refractivity contribution in [1.29, 1.82) is 5.41 Å². The third kappa shape index (κ3) is 3.45. The molecule has 3 heteroatoms. The lowest BCUT2D eigenvalue weighted by atomic mass is 10.2. The third-order valence-corrected chi connectivity index (χ3v) is 1.16. The topological polar surface area (TPSA) is 42.3 Å². The highest BCUT2D eigenvalue weighted by Crippen LogP contribution is 1.98. The van der Waals surface area contributed by atoms with Crippen LogP contribution in [0.25, 0.3) is 0 Å². The number of hydrogen-bond acceptors (Lipinski definition) is 3. The summed E-state index contributed by atoms with van der Waals surface area (Å²) in [6, 6.07) is 0. The molecular weight excluding hydrogens is 130 g/mol. The quantitative estimate of drug-likeness (QED) is 0.478. The summed E-state index contributed by atoms with van der Waals surface area (Å²) in [4.78, 5) is 0. The van der Waals surface area contributed by atoms with E-state index >= 15 is 0 Å². The number of rotatable bonds is 4. The highest BCUT2D eigenvalue weighted by molar-refractivity contribution is 5.75. The van der Waals surface area contributed by atoms with Crippen LogP contribution in [-0.4, -0.2) is 26.2 Å². The predicted molar refractivity (Wildman–Crippen MR) is 40.4 cm³/mol. The maximum atomic E-state index is 7.30. The summed E-state index contributed by atoms with van der Waals surface area (Å²) in [6.45, 7) is 4.89. The Morgan fingerprint density at radius 2 is 2.20 bits per heavy atom. The number of hydrogen-bond donors (Lipinski definition) is 1. The van der Waals surface area contributed by atoms with Crippen molar-refractivity contribution < 1.29 is 9.47 Å². The van der Waals surface area contributed by atoms with Gasteiger partial charge in [0, 0.05) is 7.11 Å². The second kappa shape index (κ2) is 5.23. The highest BCUT2D eigenvalue weighted by atomic mass is 16.5. The molecule has 0 aliphatic rings. The van der Waals surface area contributed by atoms with Crippen LogP contribution in [-0.2, 0) is 9.47 Å². The summed E-state index contributed by atoms with van der Waals surface area (Å²) >= 11 is 0. The molecule has 0 aromatic heterocycles. The van der Waals surface area contributed by atoms with E-state index in [0.29, 0.717) is 19.1 Å². The fourth-order valence-corrected chi connectivity index (χ4v) is 0.623. The predicted octanol–water partition coefficient (Wildman–Crippen LogP) is 1.28. The van der Waals surface area contributed by atoms with Gasteiger partial charge >= 0.3 is 0 Å². The first-order valence-corrected chi connectivity index (χ1v) is 3.42. The minimum Gasteiger partial charge on any atom is -0.481 e. The van der Waals surface area contributed by atoms with Crippen LogP contribution in [0.2, 0.25) is 0 Å². The first kappa shape index (κ1) is 9.43. The van der Waals surface area contributed by atoms with Gasteiger partial charge in [0.2, 0.25) is 0 Å². The van der Waals surface area contributed by atoms with Crippen LogP contribution in [0.1, 0.15) is 13.8 Å². The van der Waals surface area contributed by atoms with E-state index in [0.717, 1.165) is 0 Å². The standard InChI is InChI=1S/C7H15NO2/c1-4-10-7(8)6(2)5-9-3/h6,8H,4-5H2,1-3H3. The van der Waals surface area contributed by atoms with E-state index in [4.69, 9.17) is 14.9 Å². The fraction of sp³-hybridized carbons (Fsp3) is 0.857. The molecule has 0 fully saturated rings. The molecule has 0 saturated carbocycles. The Hall–Kier alpha value is -0.570. The maximum Gasteiger partial charge on any atom is 0.185 e. The van der Waals surface area contributed by atoms with E-state index in [-0.39, 0.29) is 5.92 Å². The normalized spacial score (nSPS) is 12.7. The van der Waals surface area contributed by atoms with Crippen molar-refractivity contribution in [2.45, 2.75) is 13.8 Å². The fourth-order valence-electron chi connectivity index (χ4n) is 0.623. The molecule has 0 bridgehead atoms. The van der Waals surface area contributed by atoms with Gasteiger partial charge in [0.25, 0.3) is 0 Å². The second-order valence-electron chi connectivity index (χ2n) is 2.15. The molecule has 1 N–H and O–H groups in total. The van der Waals surface area contributed by atoms with Gasteiger partial charge in [0.15, 0.2) is 5.90 Å². The second-order valence-corrected chi connectivity index (χ2v) is 2.15. The van der Waals surface area contributed by atoms with Gasteiger partial charge in [-0.2, -0.15) is 0 Å². The Kier molecular flexibility index (Phi) is 4.94. The largest absolute Gasteiger partial charge is 0.481 e. The van der Waals surface area contributed by atoms with E-state index in [2.05, 4.69) is 0 Å². The van der Waals surface area contributed by atoms with Gasteiger partial charge in [-0.05, 0) is 6.92 Å². The van der Waals surface area contributed by atoms with Crippen LogP contribution < -0.4 is 0 Å². The lowest BCUT2D eigenvalue weighted by Crippen LogP contribution is -2.18. The molecule has 1 unspecified atom stereocenters. The van der Waals surface area contributed by atoms with E-state index in [1.54, 1.807) is 7.11 Å².